The minimum Gasteiger partial charge on any atom is -0.361 e. The minimum absolute atomic E-state index is 0.00596. The molecule has 2 heterocycles. The van der Waals surface area contributed by atoms with Gasteiger partial charge in [-0.1, -0.05) is 19.6 Å². The van der Waals surface area contributed by atoms with E-state index >= 15 is 0 Å². The molecule has 0 bridgehead atoms. The molecule has 1 unspecified atom stereocenters. The Morgan fingerprint density at radius 2 is 1.94 bits per heavy atom. The lowest BCUT2D eigenvalue weighted by molar-refractivity contribution is -0.137. The summed E-state index contributed by atoms with van der Waals surface area (Å²) in [6.45, 7) is 9.31. The molecule has 0 aliphatic rings. The van der Waals surface area contributed by atoms with Crippen LogP contribution in [0.15, 0.2) is 40.3 Å². The maximum atomic E-state index is 13.2. The number of halogens is 3. The van der Waals surface area contributed by atoms with E-state index in [1.165, 1.54) is 0 Å². The van der Waals surface area contributed by atoms with Gasteiger partial charge < -0.3 is 9.30 Å². The summed E-state index contributed by atoms with van der Waals surface area (Å²) >= 11 is 0. The highest BCUT2D eigenvalue weighted by atomic mass is 28.3. The third kappa shape index (κ3) is 5.34. The first-order valence-corrected chi connectivity index (χ1v) is 13.5. The van der Waals surface area contributed by atoms with Crippen molar-refractivity contribution >= 4 is 19.0 Å². The molecule has 0 aliphatic heterocycles. The molecule has 168 valence electrons. The van der Waals surface area contributed by atoms with E-state index in [-0.39, 0.29) is 17.6 Å². The largest absolute Gasteiger partial charge is 0.416 e. The highest BCUT2D eigenvalue weighted by molar-refractivity contribution is 6.76. The molecule has 1 atom stereocenters. The molecule has 31 heavy (non-hydrogen) atoms. The second kappa shape index (κ2) is 8.46. The molecule has 0 aliphatic carbocycles. The number of fused-ring (bicyclic) bond motifs is 1. The van der Waals surface area contributed by atoms with Gasteiger partial charge in [0.05, 0.1) is 34.5 Å². The van der Waals surface area contributed by atoms with Crippen molar-refractivity contribution in [2.45, 2.75) is 51.6 Å². The lowest BCUT2D eigenvalue weighted by Gasteiger charge is -2.17. The minimum atomic E-state index is -4.60. The van der Waals surface area contributed by atoms with Crippen LogP contribution in [0.25, 0.3) is 10.9 Å². The molecule has 11 heteroatoms. The Labute approximate surface area is 177 Å². The van der Waals surface area contributed by atoms with Crippen molar-refractivity contribution in [3.05, 3.63) is 62.8 Å². The van der Waals surface area contributed by atoms with Crippen molar-refractivity contribution in [1.82, 2.24) is 19.1 Å². The Bertz CT molecular complexity index is 1190. The number of H-pyrrole nitrogens is 1. The quantitative estimate of drug-likeness (QED) is 0.435. The normalized spacial score (nSPS) is 13.6. The fraction of sp³-hybridized carbons (Fsp3) is 0.450. The zero-order chi connectivity index (χ0) is 23.0. The van der Waals surface area contributed by atoms with Crippen LogP contribution in [0.3, 0.4) is 0 Å². The summed E-state index contributed by atoms with van der Waals surface area (Å²) in [5, 5.41) is -0.00596. The topological polar surface area (TPSA) is 81.9 Å². The number of imidazole rings is 1. The zero-order valence-electron chi connectivity index (χ0n) is 17.8. The maximum Gasteiger partial charge on any atom is 0.416 e. The number of nitrogens with zero attached hydrogens (tertiary/aromatic N) is 3. The lowest BCUT2D eigenvalue weighted by atomic mass is 10.1. The van der Waals surface area contributed by atoms with Gasteiger partial charge in [-0.2, -0.15) is 13.2 Å². The van der Waals surface area contributed by atoms with Crippen LogP contribution in [-0.4, -0.2) is 33.8 Å². The molecule has 0 saturated carbocycles. The summed E-state index contributed by atoms with van der Waals surface area (Å²) in [5.74, 6) is 0. The summed E-state index contributed by atoms with van der Waals surface area (Å²) in [5.41, 5.74) is -2.12. The fourth-order valence-electron chi connectivity index (χ4n) is 3.16. The fourth-order valence-corrected chi connectivity index (χ4v) is 3.92. The molecule has 0 saturated heterocycles. The van der Waals surface area contributed by atoms with Gasteiger partial charge in [0, 0.05) is 20.9 Å². The Balaban J connectivity index is 1.92. The van der Waals surface area contributed by atoms with E-state index in [0.717, 1.165) is 28.8 Å². The molecule has 1 aromatic carbocycles. The van der Waals surface area contributed by atoms with Crippen molar-refractivity contribution in [3.8, 4) is 0 Å². The molecular formula is C20H25F3N4O3Si. The maximum absolute atomic E-state index is 13.2. The molecule has 0 spiro atoms. The molecule has 0 fully saturated rings. The lowest BCUT2D eigenvalue weighted by Crippen LogP contribution is -2.32. The van der Waals surface area contributed by atoms with Gasteiger partial charge in [-0.05, 0) is 31.2 Å². The number of ether oxygens (including phenoxy) is 1. The van der Waals surface area contributed by atoms with Crippen LogP contribution in [0.4, 0.5) is 13.2 Å². The summed E-state index contributed by atoms with van der Waals surface area (Å²) in [6, 6.07) is 3.02. The van der Waals surface area contributed by atoms with Crippen LogP contribution in [0, 0.1) is 0 Å². The smallest absolute Gasteiger partial charge is 0.361 e. The van der Waals surface area contributed by atoms with Gasteiger partial charge in [0.15, 0.2) is 0 Å². The number of aromatic amines is 1. The summed E-state index contributed by atoms with van der Waals surface area (Å²) in [4.78, 5) is 31.1. The first-order valence-electron chi connectivity index (χ1n) is 9.82. The third-order valence-electron chi connectivity index (χ3n) is 4.97. The van der Waals surface area contributed by atoms with Crippen LogP contribution in [0.5, 0.6) is 0 Å². The highest BCUT2D eigenvalue weighted by Gasteiger charge is 2.31. The second-order valence-corrected chi connectivity index (χ2v) is 14.3. The van der Waals surface area contributed by atoms with E-state index < -0.39 is 37.1 Å². The number of alkyl halides is 3. The Kier molecular flexibility index (Phi) is 6.28. The Morgan fingerprint density at radius 3 is 2.58 bits per heavy atom. The van der Waals surface area contributed by atoms with Crippen molar-refractivity contribution < 1.29 is 17.9 Å². The zero-order valence-corrected chi connectivity index (χ0v) is 18.8. The van der Waals surface area contributed by atoms with Crippen LogP contribution >= 0.6 is 0 Å². The SMILES string of the molecule is CC(c1cn(COCC[Si](C)(C)C)cn1)n1c(=O)[nH]c(=O)c2ccc(C(F)(F)F)cc21. The van der Waals surface area contributed by atoms with Gasteiger partial charge in [0.2, 0.25) is 0 Å². The first kappa shape index (κ1) is 23.0. The van der Waals surface area contributed by atoms with E-state index in [4.69, 9.17) is 4.74 Å². The average molecular weight is 455 g/mol. The van der Waals surface area contributed by atoms with Crippen molar-refractivity contribution in [2.24, 2.45) is 0 Å². The van der Waals surface area contributed by atoms with E-state index in [1.807, 2.05) is 0 Å². The molecule has 0 amide bonds. The summed E-state index contributed by atoms with van der Waals surface area (Å²) < 4.78 is 48.1. The number of hydrogen-bond donors (Lipinski definition) is 1. The molecule has 0 radical (unpaired) electrons. The van der Waals surface area contributed by atoms with Crippen LogP contribution < -0.4 is 11.2 Å². The number of nitrogens with one attached hydrogen (secondary N) is 1. The van der Waals surface area contributed by atoms with Crippen LogP contribution in [-0.2, 0) is 17.6 Å². The molecule has 7 nitrogen and oxygen atoms in total. The van der Waals surface area contributed by atoms with Crippen molar-refractivity contribution in [1.29, 1.82) is 0 Å². The summed E-state index contributed by atoms with van der Waals surface area (Å²) in [6.07, 6.45) is -1.38. The first-order chi connectivity index (χ1) is 14.4. The standard InChI is InChI=1S/C20H25F3N4O3Si/c1-13(16-10-26(11-24-16)12-30-7-8-31(2,3)4)27-17-9-14(20(21,22)23)5-6-15(17)18(28)25-19(27)29/h5-6,9-11,13H,7-8,12H2,1-4H3,(H,25,28,29). The van der Waals surface area contributed by atoms with Crippen molar-refractivity contribution in [3.63, 3.8) is 0 Å². The van der Waals surface area contributed by atoms with Gasteiger partial charge in [0.25, 0.3) is 5.56 Å². The van der Waals surface area contributed by atoms with E-state index in [9.17, 15) is 22.8 Å². The molecule has 1 N–H and O–H groups in total. The van der Waals surface area contributed by atoms with Crippen molar-refractivity contribution in [2.75, 3.05) is 6.61 Å². The molecule has 3 rings (SSSR count). The van der Waals surface area contributed by atoms with Gasteiger partial charge in [-0.25, -0.2) is 9.78 Å². The predicted octanol–water partition coefficient (Wildman–Crippen LogP) is 3.83. The predicted molar refractivity (Wildman–Crippen MR) is 114 cm³/mol. The molecular weight excluding hydrogens is 429 g/mol. The number of benzene rings is 1. The van der Waals surface area contributed by atoms with Crippen LogP contribution in [0.1, 0.15) is 24.2 Å². The van der Waals surface area contributed by atoms with Gasteiger partial charge in [-0.3, -0.25) is 14.3 Å². The van der Waals surface area contributed by atoms with E-state index in [0.29, 0.717) is 12.3 Å². The summed E-state index contributed by atoms with van der Waals surface area (Å²) in [7, 11) is -1.20. The highest BCUT2D eigenvalue weighted by Crippen LogP contribution is 2.31. The van der Waals surface area contributed by atoms with Gasteiger partial charge in [0.1, 0.15) is 6.73 Å². The Hall–Kier alpha value is -2.66. The Morgan fingerprint density at radius 1 is 1.23 bits per heavy atom. The number of hydrogen-bond acceptors (Lipinski definition) is 4. The number of aromatic nitrogens is 4. The second-order valence-electron chi connectivity index (χ2n) is 8.70. The molecule has 2 aromatic heterocycles. The third-order valence-corrected chi connectivity index (χ3v) is 6.68. The average Bonchev–Trinajstić information content (AvgIpc) is 3.12. The van der Waals surface area contributed by atoms with Gasteiger partial charge in [-0.15, -0.1) is 0 Å². The van der Waals surface area contributed by atoms with E-state index in [2.05, 4.69) is 29.6 Å². The van der Waals surface area contributed by atoms with Crippen LogP contribution in [0.2, 0.25) is 25.7 Å². The monoisotopic (exact) mass is 454 g/mol. The van der Waals surface area contributed by atoms with Gasteiger partial charge >= 0.3 is 11.9 Å². The van der Waals surface area contributed by atoms with E-state index in [1.54, 1.807) is 24.0 Å². The molecule has 3 aromatic rings. The number of rotatable bonds is 7.